The van der Waals surface area contributed by atoms with Gasteiger partial charge in [0.1, 0.15) is 0 Å². The van der Waals surface area contributed by atoms with E-state index in [4.69, 9.17) is 4.98 Å². The molecular formula is C24H31N3O. The fraction of sp³-hybridized carbons (Fsp3) is 0.500. The van der Waals surface area contributed by atoms with E-state index in [-0.39, 0.29) is 5.91 Å². The number of rotatable bonds is 4. The van der Waals surface area contributed by atoms with Crippen molar-refractivity contribution in [3.63, 3.8) is 0 Å². The molecule has 2 aliphatic rings. The molecule has 28 heavy (non-hydrogen) atoms. The number of pyridine rings is 1. The van der Waals surface area contributed by atoms with Crippen LogP contribution < -0.4 is 0 Å². The highest BCUT2D eigenvalue weighted by molar-refractivity contribution is 5.95. The minimum absolute atomic E-state index is 0.189. The van der Waals surface area contributed by atoms with Crippen LogP contribution in [0.2, 0.25) is 0 Å². The van der Waals surface area contributed by atoms with Crippen molar-refractivity contribution in [2.45, 2.75) is 51.5 Å². The molecule has 0 atom stereocenters. The summed E-state index contributed by atoms with van der Waals surface area (Å²) in [5, 5.41) is 0. The Bertz CT molecular complexity index is 791. The molecule has 0 radical (unpaired) electrons. The first-order chi connectivity index (χ1) is 13.7. The van der Waals surface area contributed by atoms with Crippen molar-refractivity contribution in [3.8, 4) is 0 Å². The second-order valence-electron chi connectivity index (χ2n) is 8.27. The van der Waals surface area contributed by atoms with Gasteiger partial charge in [0.05, 0.1) is 11.3 Å². The van der Waals surface area contributed by atoms with Crippen LogP contribution in [0.3, 0.4) is 0 Å². The van der Waals surface area contributed by atoms with Crippen molar-refractivity contribution in [2.75, 3.05) is 26.2 Å². The first kappa shape index (κ1) is 19.1. The van der Waals surface area contributed by atoms with E-state index in [0.29, 0.717) is 5.92 Å². The van der Waals surface area contributed by atoms with E-state index in [1.54, 1.807) is 0 Å². The van der Waals surface area contributed by atoms with Crippen molar-refractivity contribution >= 4 is 5.91 Å². The van der Waals surface area contributed by atoms with E-state index in [1.165, 1.54) is 12.0 Å². The quantitative estimate of drug-likeness (QED) is 0.793. The zero-order chi connectivity index (χ0) is 19.3. The van der Waals surface area contributed by atoms with E-state index < -0.39 is 0 Å². The molecule has 2 saturated heterocycles. The van der Waals surface area contributed by atoms with Crippen molar-refractivity contribution in [1.29, 1.82) is 0 Å². The third-order valence-electron chi connectivity index (χ3n) is 6.16. The molecule has 0 unspecified atom stereocenters. The lowest BCUT2D eigenvalue weighted by atomic mass is 9.89. The maximum absolute atomic E-state index is 13.2. The number of aryl methyl sites for hydroxylation is 1. The molecule has 148 valence electrons. The first-order valence-electron chi connectivity index (χ1n) is 10.7. The topological polar surface area (TPSA) is 36.4 Å². The number of benzene rings is 1. The van der Waals surface area contributed by atoms with Gasteiger partial charge >= 0.3 is 0 Å². The molecule has 2 fully saturated rings. The Morgan fingerprint density at radius 2 is 1.68 bits per heavy atom. The molecule has 1 aromatic heterocycles. The van der Waals surface area contributed by atoms with Gasteiger partial charge in [-0.25, -0.2) is 0 Å². The van der Waals surface area contributed by atoms with Gasteiger partial charge in [-0.3, -0.25) is 14.7 Å². The maximum Gasteiger partial charge on any atom is 0.255 e. The lowest BCUT2D eigenvalue weighted by Crippen LogP contribution is -2.37. The molecule has 0 bridgehead atoms. The average Bonchev–Trinajstić information content (AvgIpc) is 2.75. The summed E-state index contributed by atoms with van der Waals surface area (Å²) < 4.78 is 0. The lowest BCUT2D eigenvalue weighted by molar-refractivity contribution is 0.0721. The monoisotopic (exact) mass is 377 g/mol. The van der Waals surface area contributed by atoms with Gasteiger partial charge in [-0.05, 0) is 69.8 Å². The molecule has 4 nitrogen and oxygen atoms in total. The van der Waals surface area contributed by atoms with E-state index >= 15 is 0 Å². The van der Waals surface area contributed by atoms with E-state index in [0.717, 1.165) is 75.4 Å². The molecule has 2 aliphatic heterocycles. The van der Waals surface area contributed by atoms with Crippen molar-refractivity contribution in [3.05, 3.63) is 65.0 Å². The molecule has 4 rings (SSSR count). The number of nitrogens with zero attached hydrogens (tertiary/aromatic N) is 3. The van der Waals surface area contributed by atoms with Crippen LogP contribution in [0.25, 0.3) is 0 Å². The predicted molar refractivity (Wildman–Crippen MR) is 112 cm³/mol. The molecule has 0 N–H and O–H groups in total. The van der Waals surface area contributed by atoms with Crippen LogP contribution in [-0.2, 0) is 6.54 Å². The van der Waals surface area contributed by atoms with Gasteiger partial charge in [-0.15, -0.1) is 0 Å². The van der Waals surface area contributed by atoms with Gasteiger partial charge < -0.3 is 4.90 Å². The van der Waals surface area contributed by atoms with E-state index in [1.807, 2.05) is 24.0 Å². The van der Waals surface area contributed by atoms with Crippen LogP contribution in [0, 0.1) is 6.92 Å². The average molecular weight is 378 g/mol. The second-order valence-corrected chi connectivity index (χ2v) is 8.27. The van der Waals surface area contributed by atoms with Gasteiger partial charge in [-0.1, -0.05) is 30.3 Å². The maximum atomic E-state index is 13.2. The van der Waals surface area contributed by atoms with Crippen LogP contribution in [0.15, 0.2) is 42.5 Å². The number of hydrogen-bond donors (Lipinski definition) is 0. The van der Waals surface area contributed by atoms with Crippen molar-refractivity contribution in [1.82, 2.24) is 14.8 Å². The Labute approximate surface area is 168 Å². The summed E-state index contributed by atoms with van der Waals surface area (Å²) in [5.74, 6) is 0.574. The van der Waals surface area contributed by atoms with Crippen molar-refractivity contribution in [2.24, 2.45) is 0 Å². The molecule has 4 heteroatoms. The SMILES string of the molecule is Cc1ccc(C(=O)N2CCCCC2)c(C2CCN(Cc3ccccc3)CC2)n1. The summed E-state index contributed by atoms with van der Waals surface area (Å²) in [7, 11) is 0. The number of piperidine rings is 2. The Kier molecular flexibility index (Phi) is 6.06. The van der Waals surface area contributed by atoms with Crippen LogP contribution >= 0.6 is 0 Å². The summed E-state index contributed by atoms with van der Waals surface area (Å²) in [6, 6.07) is 14.7. The Hall–Kier alpha value is -2.20. The normalized spacial score (nSPS) is 19.0. The van der Waals surface area contributed by atoms with Gasteiger partial charge in [0.2, 0.25) is 0 Å². The van der Waals surface area contributed by atoms with Crippen LogP contribution in [0.1, 0.15) is 65.3 Å². The van der Waals surface area contributed by atoms with Crippen LogP contribution in [0.5, 0.6) is 0 Å². The molecule has 0 spiro atoms. The molecule has 3 heterocycles. The number of amides is 1. The molecule has 2 aromatic rings. The molecule has 1 amide bonds. The summed E-state index contributed by atoms with van der Waals surface area (Å²) in [6.45, 7) is 6.94. The number of hydrogen-bond acceptors (Lipinski definition) is 3. The number of aromatic nitrogens is 1. The molecular weight excluding hydrogens is 346 g/mol. The van der Waals surface area contributed by atoms with Gasteiger partial charge in [0.15, 0.2) is 0 Å². The van der Waals surface area contributed by atoms with Crippen molar-refractivity contribution < 1.29 is 4.79 Å². The number of carbonyl (C=O) groups excluding carboxylic acids is 1. The lowest BCUT2D eigenvalue weighted by Gasteiger charge is -2.33. The Morgan fingerprint density at radius 3 is 2.39 bits per heavy atom. The number of carbonyl (C=O) groups is 1. The largest absolute Gasteiger partial charge is 0.339 e. The third-order valence-corrected chi connectivity index (χ3v) is 6.16. The molecule has 0 saturated carbocycles. The summed E-state index contributed by atoms with van der Waals surface area (Å²) in [6.07, 6.45) is 5.63. The van der Waals surface area contributed by atoms with Gasteiger partial charge in [-0.2, -0.15) is 0 Å². The van der Waals surface area contributed by atoms with Gasteiger partial charge in [0.25, 0.3) is 5.91 Å². The highest BCUT2D eigenvalue weighted by Gasteiger charge is 2.28. The first-order valence-corrected chi connectivity index (χ1v) is 10.7. The fourth-order valence-corrected chi connectivity index (χ4v) is 4.54. The molecule has 0 aliphatic carbocycles. The highest BCUT2D eigenvalue weighted by atomic mass is 16.2. The van der Waals surface area contributed by atoms with E-state index in [9.17, 15) is 4.79 Å². The standard InChI is InChI=1S/C24H31N3O/c1-19-10-11-22(24(28)27-14-6-3-7-15-27)23(25-19)21-12-16-26(17-13-21)18-20-8-4-2-5-9-20/h2,4-5,8-11,21H,3,6-7,12-18H2,1H3. The Balaban J connectivity index is 1.45. The predicted octanol–water partition coefficient (Wildman–Crippen LogP) is 4.40. The zero-order valence-corrected chi connectivity index (χ0v) is 16.9. The third kappa shape index (κ3) is 4.44. The van der Waals surface area contributed by atoms with E-state index in [2.05, 4.69) is 35.2 Å². The summed E-state index contributed by atoms with van der Waals surface area (Å²) in [5.41, 5.74) is 4.26. The second kappa shape index (κ2) is 8.87. The van der Waals surface area contributed by atoms with Crippen LogP contribution in [-0.4, -0.2) is 46.9 Å². The zero-order valence-electron chi connectivity index (χ0n) is 16.9. The minimum atomic E-state index is 0.189. The molecule has 1 aromatic carbocycles. The summed E-state index contributed by atoms with van der Waals surface area (Å²) in [4.78, 5) is 22.6. The summed E-state index contributed by atoms with van der Waals surface area (Å²) >= 11 is 0. The Morgan fingerprint density at radius 1 is 0.964 bits per heavy atom. The smallest absolute Gasteiger partial charge is 0.255 e. The minimum Gasteiger partial charge on any atom is -0.339 e. The fourth-order valence-electron chi connectivity index (χ4n) is 4.54. The highest BCUT2D eigenvalue weighted by Crippen LogP contribution is 2.31. The van der Waals surface area contributed by atoms with Crippen LogP contribution in [0.4, 0.5) is 0 Å². The number of likely N-dealkylation sites (tertiary alicyclic amines) is 2. The van der Waals surface area contributed by atoms with Gasteiger partial charge in [0, 0.05) is 31.2 Å².